The summed E-state index contributed by atoms with van der Waals surface area (Å²) < 4.78 is 0.0939. The molecule has 0 amide bonds. The smallest absolute Gasteiger partial charge is 0.134 e. The van der Waals surface area contributed by atoms with Crippen molar-refractivity contribution in [2.45, 2.75) is 66.1 Å². The summed E-state index contributed by atoms with van der Waals surface area (Å²) in [5.41, 5.74) is 4.79. The number of allylic oxidation sites excluding steroid dienone is 1. The lowest BCUT2D eigenvalue weighted by Crippen LogP contribution is -2.25. The molecule has 0 aromatic heterocycles. The van der Waals surface area contributed by atoms with Crippen molar-refractivity contribution in [3.8, 4) is 0 Å². The van der Waals surface area contributed by atoms with Crippen LogP contribution in [0.2, 0.25) is 0 Å². The van der Waals surface area contributed by atoms with Gasteiger partial charge in [0.15, 0.2) is 0 Å². The SMILES string of the molecule is CC.CC(=O)Cc1ccccc1N=C1CC(C)=C(C)C(C)(C)S1. The minimum Gasteiger partial charge on any atom is -0.300 e. The topological polar surface area (TPSA) is 29.4 Å². The second kappa shape index (κ2) is 8.49. The number of carbonyl (C=O) groups excluding carboxylic acids is 1. The number of thioether (sulfide) groups is 1. The third kappa shape index (κ3) is 5.35. The quantitative estimate of drug-likeness (QED) is 0.624. The number of nitrogens with zero attached hydrogens (tertiary/aromatic N) is 1. The zero-order valence-electron chi connectivity index (χ0n) is 15.5. The number of hydrogen-bond donors (Lipinski definition) is 0. The van der Waals surface area contributed by atoms with Gasteiger partial charge in [-0.05, 0) is 46.2 Å². The van der Waals surface area contributed by atoms with E-state index in [4.69, 9.17) is 4.99 Å². The number of ketones is 1. The summed E-state index contributed by atoms with van der Waals surface area (Å²) in [7, 11) is 0. The maximum atomic E-state index is 11.4. The molecule has 126 valence electrons. The van der Waals surface area contributed by atoms with Gasteiger partial charge in [-0.15, -0.1) is 0 Å². The van der Waals surface area contributed by atoms with Gasteiger partial charge in [0.05, 0.1) is 10.7 Å². The van der Waals surface area contributed by atoms with Crippen LogP contribution in [0.15, 0.2) is 40.4 Å². The van der Waals surface area contributed by atoms with Crippen molar-refractivity contribution < 1.29 is 4.79 Å². The molecule has 0 radical (unpaired) electrons. The molecule has 1 aliphatic rings. The zero-order chi connectivity index (χ0) is 17.6. The number of rotatable bonds is 3. The molecule has 1 aromatic carbocycles. The Kier molecular flexibility index (Phi) is 7.27. The van der Waals surface area contributed by atoms with E-state index in [1.807, 2.05) is 49.9 Å². The lowest BCUT2D eigenvalue weighted by molar-refractivity contribution is -0.116. The average molecular weight is 332 g/mol. The molecule has 0 bridgehead atoms. The Labute approximate surface area is 145 Å². The number of aliphatic imine (C=N–C) groups is 1. The molecule has 0 N–H and O–H groups in total. The van der Waals surface area contributed by atoms with Gasteiger partial charge in [-0.25, -0.2) is 4.99 Å². The van der Waals surface area contributed by atoms with E-state index in [9.17, 15) is 4.79 Å². The van der Waals surface area contributed by atoms with Crippen LogP contribution in [-0.4, -0.2) is 15.6 Å². The van der Waals surface area contributed by atoms with E-state index >= 15 is 0 Å². The minimum atomic E-state index is 0.0939. The summed E-state index contributed by atoms with van der Waals surface area (Å²) in [5, 5.41) is 1.14. The first-order valence-corrected chi connectivity index (χ1v) is 9.12. The van der Waals surface area contributed by atoms with E-state index in [-0.39, 0.29) is 10.5 Å². The first-order valence-electron chi connectivity index (χ1n) is 8.30. The van der Waals surface area contributed by atoms with Crippen LogP contribution in [0.4, 0.5) is 5.69 Å². The van der Waals surface area contributed by atoms with Crippen molar-refractivity contribution >= 4 is 28.3 Å². The highest BCUT2D eigenvalue weighted by molar-refractivity contribution is 8.15. The molecule has 0 atom stereocenters. The van der Waals surface area contributed by atoms with Gasteiger partial charge in [0.2, 0.25) is 0 Å². The van der Waals surface area contributed by atoms with Gasteiger partial charge >= 0.3 is 0 Å². The van der Waals surface area contributed by atoms with Gasteiger partial charge in [-0.1, -0.05) is 55.0 Å². The Hall–Kier alpha value is -1.35. The van der Waals surface area contributed by atoms with E-state index in [1.54, 1.807) is 6.92 Å². The third-order valence-corrected chi connectivity index (χ3v) is 5.30. The van der Waals surface area contributed by atoms with Crippen molar-refractivity contribution in [3.63, 3.8) is 0 Å². The van der Waals surface area contributed by atoms with E-state index < -0.39 is 0 Å². The minimum absolute atomic E-state index is 0.0939. The van der Waals surface area contributed by atoms with Gasteiger partial charge in [0.25, 0.3) is 0 Å². The van der Waals surface area contributed by atoms with Gasteiger partial charge in [-0.3, -0.25) is 4.79 Å². The number of para-hydroxylation sites is 1. The molecule has 1 aliphatic heterocycles. The fraction of sp³-hybridized carbons (Fsp3) is 0.500. The summed E-state index contributed by atoms with van der Waals surface area (Å²) in [5.74, 6) is 0.172. The van der Waals surface area contributed by atoms with Crippen LogP contribution in [0.3, 0.4) is 0 Å². The van der Waals surface area contributed by atoms with E-state index in [0.29, 0.717) is 6.42 Å². The number of Topliss-reactive ketones (excluding diaryl/α,β-unsaturated/α-hetero) is 1. The first-order chi connectivity index (χ1) is 10.8. The second-order valence-electron chi connectivity index (χ2n) is 6.21. The maximum Gasteiger partial charge on any atom is 0.134 e. The molecule has 0 saturated carbocycles. The lowest BCUT2D eigenvalue weighted by Gasteiger charge is -2.32. The van der Waals surface area contributed by atoms with Crippen molar-refractivity contribution in [1.82, 2.24) is 0 Å². The van der Waals surface area contributed by atoms with Crippen LogP contribution in [0, 0.1) is 0 Å². The first kappa shape index (κ1) is 19.7. The van der Waals surface area contributed by atoms with Crippen molar-refractivity contribution in [3.05, 3.63) is 41.0 Å². The summed E-state index contributed by atoms with van der Waals surface area (Å²) in [6.45, 7) is 14.5. The van der Waals surface area contributed by atoms with Crippen molar-refractivity contribution in [2.24, 2.45) is 4.99 Å². The molecule has 0 unspecified atom stereocenters. The van der Waals surface area contributed by atoms with Crippen molar-refractivity contribution in [1.29, 1.82) is 0 Å². The number of carbonyl (C=O) groups is 1. The molecule has 0 saturated heterocycles. The predicted octanol–water partition coefficient (Wildman–Crippen LogP) is 6.13. The fourth-order valence-corrected chi connectivity index (χ4v) is 3.86. The molecule has 0 fully saturated rings. The van der Waals surface area contributed by atoms with Crippen LogP contribution in [-0.2, 0) is 11.2 Å². The normalized spacial score (nSPS) is 18.5. The molecule has 0 aliphatic carbocycles. The fourth-order valence-electron chi connectivity index (χ4n) is 2.51. The third-order valence-electron chi connectivity index (χ3n) is 4.01. The van der Waals surface area contributed by atoms with Crippen LogP contribution in [0.25, 0.3) is 0 Å². The average Bonchev–Trinajstić information content (AvgIpc) is 2.48. The monoisotopic (exact) mass is 331 g/mol. The van der Waals surface area contributed by atoms with Crippen LogP contribution in [0.5, 0.6) is 0 Å². The highest BCUT2D eigenvalue weighted by Gasteiger charge is 2.29. The second-order valence-corrected chi connectivity index (χ2v) is 7.90. The van der Waals surface area contributed by atoms with E-state index in [1.165, 1.54) is 11.1 Å². The van der Waals surface area contributed by atoms with Gasteiger partial charge in [0, 0.05) is 17.6 Å². The largest absolute Gasteiger partial charge is 0.300 e. The highest BCUT2D eigenvalue weighted by Crippen LogP contribution is 2.42. The number of hydrogen-bond acceptors (Lipinski definition) is 3. The molecule has 3 heteroatoms. The van der Waals surface area contributed by atoms with Crippen LogP contribution >= 0.6 is 11.8 Å². The summed E-state index contributed by atoms with van der Waals surface area (Å²) >= 11 is 1.83. The molecule has 2 rings (SSSR count). The molecule has 23 heavy (non-hydrogen) atoms. The predicted molar refractivity (Wildman–Crippen MR) is 104 cm³/mol. The number of benzene rings is 1. The Morgan fingerprint density at radius 2 is 1.83 bits per heavy atom. The maximum absolute atomic E-state index is 11.4. The van der Waals surface area contributed by atoms with Gasteiger partial charge in [-0.2, -0.15) is 0 Å². The van der Waals surface area contributed by atoms with Crippen molar-refractivity contribution in [2.75, 3.05) is 0 Å². The van der Waals surface area contributed by atoms with Gasteiger partial charge in [0.1, 0.15) is 5.78 Å². The molecule has 1 heterocycles. The van der Waals surface area contributed by atoms with E-state index in [0.717, 1.165) is 22.7 Å². The Morgan fingerprint density at radius 1 is 1.22 bits per heavy atom. The molecule has 0 spiro atoms. The summed E-state index contributed by atoms with van der Waals surface area (Å²) in [6.07, 6.45) is 1.36. The lowest BCUT2D eigenvalue weighted by atomic mass is 9.96. The summed E-state index contributed by atoms with van der Waals surface area (Å²) in [4.78, 5) is 16.2. The molecular formula is C20H29NOS. The molecule has 2 nitrogen and oxygen atoms in total. The molecular weight excluding hydrogens is 302 g/mol. The standard InChI is InChI=1S/C18H23NOS.C2H6/c1-12-10-17(21-18(4,5)14(12)3)19-16-9-7-6-8-15(16)11-13(2)20;1-2/h6-9H,10-11H2,1-5H3;1-2H3. The Balaban J connectivity index is 0.00000127. The Bertz CT molecular complexity index is 626. The van der Waals surface area contributed by atoms with Crippen LogP contribution in [0.1, 0.15) is 60.5 Å². The zero-order valence-corrected chi connectivity index (χ0v) is 16.3. The van der Waals surface area contributed by atoms with Gasteiger partial charge < -0.3 is 0 Å². The summed E-state index contributed by atoms with van der Waals surface area (Å²) in [6, 6.07) is 7.94. The molecule has 1 aromatic rings. The van der Waals surface area contributed by atoms with Crippen LogP contribution < -0.4 is 0 Å². The highest BCUT2D eigenvalue weighted by atomic mass is 32.2. The Morgan fingerprint density at radius 3 is 2.39 bits per heavy atom. The van der Waals surface area contributed by atoms with E-state index in [2.05, 4.69) is 27.7 Å².